The maximum Gasteiger partial charge on any atom is 0.255 e. The second-order valence-electron chi connectivity index (χ2n) is 6.64. The number of nitrogens with zero attached hydrogens (tertiary/aromatic N) is 5. The van der Waals surface area contributed by atoms with E-state index in [9.17, 15) is 4.79 Å². The Bertz CT molecular complexity index is 1160. The molecule has 4 aromatic rings. The van der Waals surface area contributed by atoms with Crippen molar-refractivity contribution in [2.45, 2.75) is 0 Å². The summed E-state index contributed by atoms with van der Waals surface area (Å²) in [4.78, 5) is 14.5. The van der Waals surface area contributed by atoms with Crippen molar-refractivity contribution in [3.05, 3.63) is 72.3 Å². The molecule has 0 atom stereocenters. The number of H-pyrrole nitrogens is 1. The van der Waals surface area contributed by atoms with Gasteiger partial charge < -0.3 is 10.2 Å². The molecule has 1 aromatic heterocycles. The molecule has 1 amide bonds. The standard InChI is InChI=1S/C21H19N7O/c1-28(2)18-10-7-16(8-11-18)24-23-15-5-3-14(4-6-15)21(29)22-17-9-12-19-20(13-17)26-27-25-19/h3-13H,1-2H3,(H,22,29)(H,25,26,27). The third-order valence-electron chi connectivity index (χ3n) is 4.35. The molecule has 0 spiro atoms. The molecule has 4 rings (SSSR count). The highest BCUT2D eigenvalue weighted by Gasteiger charge is 2.07. The van der Waals surface area contributed by atoms with Crippen molar-refractivity contribution < 1.29 is 4.79 Å². The summed E-state index contributed by atoms with van der Waals surface area (Å²) in [5.41, 5.74) is 5.15. The van der Waals surface area contributed by atoms with Crippen LogP contribution >= 0.6 is 0 Å². The minimum Gasteiger partial charge on any atom is -0.378 e. The fraction of sp³-hybridized carbons (Fsp3) is 0.0952. The summed E-state index contributed by atoms with van der Waals surface area (Å²) in [6.07, 6.45) is 0. The normalized spacial score (nSPS) is 11.1. The number of nitrogens with one attached hydrogen (secondary N) is 2. The number of anilines is 2. The van der Waals surface area contributed by atoms with Crippen LogP contribution < -0.4 is 10.2 Å². The Morgan fingerprint density at radius 2 is 1.48 bits per heavy atom. The van der Waals surface area contributed by atoms with Crippen molar-refractivity contribution in [1.82, 2.24) is 15.4 Å². The van der Waals surface area contributed by atoms with E-state index in [4.69, 9.17) is 0 Å². The molecule has 2 N–H and O–H groups in total. The van der Waals surface area contributed by atoms with Gasteiger partial charge in [0.15, 0.2) is 0 Å². The van der Waals surface area contributed by atoms with Gasteiger partial charge in [0.05, 0.1) is 11.4 Å². The molecule has 0 aliphatic carbocycles. The highest BCUT2D eigenvalue weighted by molar-refractivity contribution is 6.05. The van der Waals surface area contributed by atoms with E-state index in [-0.39, 0.29) is 5.91 Å². The molecular weight excluding hydrogens is 366 g/mol. The molecule has 1 heterocycles. The molecule has 0 bridgehead atoms. The SMILES string of the molecule is CN(C)c1ccc(N=Nc2ccc(C(=O)Nc3ccc4n[nH]nc4c3)cc2)cc1. The van der Waals surface area contributed by atoms with Gasteiger partial charge in [0.1, 0.15) is 11.0 Å². The average molecular weight is 385 g/mol. The molecule has 0 unspecified atom stereocenters. The minimum atomic E-state index is -0.212. The smallest absolute Gasteiger partial charge is 0.255 e. The van der Waals surface area contributed by atoms with Crippen molar-refractivity contribution in [3.8, 4) is 0 Å². The van der Waals surface area contributed by atoms with E-state index in [2.05, 4.69) is 31.0 Å². The number of azo groups is 1. The van der Waals surface area contributed by atoms with Gasteiger partial charge in [-0.1, -0.05) is 0 Å². The van der Waals surface area contributed by atoms with Gasteiger partial charge in [-0.25, -0.2) is 0 Å². The Balaban J connectivity index is 1.41. The van der Waals surface area contributed by atoms with Gasteiger partial charge in [-0.15, -0.1) is 0 Å². The second-order valence-corrected chi connectivity index (χ2v) is 6.64. The third-order valence-corrected chi connectivity index (χ3v) is 4.35. The van der Waals surface area contributed by atoms with Crippen molar-refractivity contribution in [2.24, 2.45) is 10.2 Å². The summed E-state index contributed by atoms with van der Waals surface area (Å²) in [6.45, 7) is 0. The molecule has 0 radical (unpaired) electrons. The maximum atomic E-state index is 12.5. The quantitative estimate of drug-likeness (QED) is 0.487. The van der Waals surface area contributed by atoms with Crippen LogP contribution in [0.25, 0.3) is 11.0 Å². The van der Waals surface area contributed by atoms with Gasteiger partial charge in [-0.05, 0) is 66.7 Å². The van der Waals surface area contributed by atoms with Gasteiger partial charge >= 0.3 is 0 Å². The van der Waals surface area contributed by atoms with E-state index in [1.54, 1.807) is 42.5 Å². The molecule has 0 aliphatic rings. The highest BCUT2D eigenvalue weighted by Crippen LogP contribution is 2.22. The van der Waals surface area contributed by atoms with Gasteiger partial charge in [-0.3, -0.25) is 4.79 Å². The lowest BCUT2D eigenvalue weighted by Gasteiger charge is -2.11. The zero-order valence-electron chi connectivity index (χ0n) is 16.0. The van der Waals surface area contributed by atoms with Gasteiger partial charge in [0.2, 0.25) is 0 Å². The zero-order chi connectivity index (χ0) is 20.2. The number of aromatic amines is 1. The number of carbonyl (C=O) groups excluding carboxylic acids is 1. The molecule has 0 aliphatic heterocycles. The zero-order valence-corrected chi connectivity index (χ0v) is 16.0. The Hall–Kier alpha value is -4.07. The molecule has 8 nitrogen and oxygen atoms in total. The molecule has 0 saturated heterocycles. The van der Waals surface area contributed by atoms with Crippen LogP contribution in [0.4, 0.5) is 22.7 Å². The predicted molar refractivity (Wildman–Crippen MR) is 113 cm³/mol. The first kappa shape index (κ1) is 18.3. The number of fused-ring (bicyclic) bond motifs is 1. The molecule has 144 valence electrons. The van der Waals surface area contributed by atoms with Crippen LogP contribution in [0, 0.1) is 0 Å². The number of aromatic nitrogens is 3. The van der Waals surface area contributed by atoms with Crippen molar-refractivity contribution in [1.29, 1.82) is 0 Å². The molecule has 0 fully saturated rings. The summed E-state index contributed by atoms with van der Waals surface area (Å²) in [7, 11) is 3.97. The second kappa shape index (κ2) is 7.89. The first-order valence-corrected chi connectivity index (χ1v) is 8.99. The van der Waals surface area contributed by atoms with Crippen molar-refractivity contribution in [2.75, 3.05) is 24.3 Å². The van der Waals surface area contributed by atoms with Crippen LogP contribution in [0.5, 0.6) is 0 Å². The topological polar surface area (TPSA) is 98.6 Å². The van der Waals surface area contributed by atoms with Crippen LogP contribution in [0.1, 0.15) is 10.4 Å². The minimum absolute atomic E-state index is 0.212. The van der Waals surface area contributed by atoms with Gasteiger partial charge in [0.25, 0.3) is 5.91 Å². The lowest BCUT2D eigenvalue weighted by Crippen LogP contribution is -2.11. The Labute approximate surface area is 167 Å². The fourth-order valence-corrected chi connectivity index (χ4v) is 2.73. The van der Waals surface area contributed by atoms with Crippen LogP contribution in [-0.4, -0.2) is 35.4 Å². The Morgan fingerprint density at radius 1 is 0.862 bits per heavy atom. The molecule has 3 aromatic carbocycles. The van der Waals surface area contributed by atoms with E-state index in [0.29, 0.717) is 22.5 Å². The first-order valence-electron chi connectivity index (χ1n) is 8.99. The van der Waals surface area contributed by atoms with Gasteiger partial charge in [0, 0.05) is 31.0 Å². The summed E-state index contributed by atoms with van der Waals surface area (Å²) in [6, 6.07) is 20.1. The maximum absolute atomic E-state index is 12.5. The number of amides is 1. The highest BCUT2D eigenvalue weighted by atomic mass is 16.1. The van der Waals surface area contributed by atoms with Crippen LogP contribution in [0.15, 0.2) is 77.0 Å². The molecule has 8 heteroatoms. The van der Waals surface area contributed by atoms with E-state index >= 15 is 0 Å². The summed E-state index contributed by atoms with van der Waals surface area (Å²) >= 11 is 0. The summed E-state index contributed by atoms with van der Waals surface area (Å²) in [5, 5.41) is 21.9. The van der Waals surface area contributed by atoms with Crippen LogP contribution in [-0.2, 0) is 0 Å². The van der Waals surface area contributed by atoms with Crippen molar-refractivity contribution in [3.63, 3.8) is 0 Å². The largest absolute Gasteiger partial charge is 0.378 e. The summed E-state index contributed by atoms with van der Waals surface area (Å²) < 4.78 is 0. The van der Waals surface area contributed by atoms with E-state index < -0.39 is 0 Å². The lowest BCUT2D eigenvalue weighted by molar-refractivity contribution is 0.102. The monoisotopic (exact) mass is 385 g/mol. The third kappa shape index (κ3) is 4.27. The predicted octanol–water partition coefficient (Wildman–Crippen LogP) is 4.69. The number of hydrogen-bond acceptors (Lipinski definition) is 6. The molecule has 0 saturated carbocycles. The van der Waals surface area contributed by atoms with E-state index in [1.165, 1.54) is 0 Å². The van der Waals surface area contributed by atoms with Crippen molar-refractivity contribution >= 4 is 39.7 Å². The average Bonchev–Trinajstić information content (AvgIpc) is 3.21. The summed E-state index contributed by atoms with van der Waals surface area (Å²) in [5.74, 6) is -0.212. The Kier molecular flexibility index (Phi) is 4.98. The van der Waals surface area contributed by atoms with Crippen LogP contribution in [0.2, 0.25) is 0 Å². The number of rotatable bonds is 5. The molecular formula is C21H19N7O. The lowest BCUT2D eigenvalue weighted by atomic mass is 10.2. The first-order chi connectivity index (χ1) is 14.1. The van der Waals surface area contributed by atoms with Gasteiger partial charge in [-0.2, -0.15) is 25.6 Å². The number of hydrogen-bond donors (Lipinski definition) is 2. The molecule has 29 heavy (non-hydrogen) atoms. The number of benzene rings is 3. The van der Waals surface area contributed by atoms with E-state index in [0.717, 1.165) is 16.9 Å². The van der Waals surface area contributed by atoms with Crippen LogP contribution in [0.3, 0.4) is 0 Å². The fourth-order valence-electron chi connectivity index (χ4n) is 2.73. The Morgan fingerprint density at radius 3 is 2.14 bits per heavy atom. The van der Waals surface area contributed by atoms with E-state index in [1.807, 2.05) is 43.3 Å². The number of carbonyl (C=O) groups is 1.